The molecule has 0 radical (unpaired) electrons. The van der Waals surface area contributed by atoms with Gasteiger partial charge in [-0.15, -0.1) is 0 Å². The predicted octanol–water partition coefficient (Wildman–Crippen LogP) is 1.59. The Hall–Kier alpha value is -1.62. The van der Waals surface area contributed by atoms with Crippen LogP contribution in [-0.2, 0) is 11.3 Å². The van der Waals surface area contributed by atoms with Crippen molar-refractivity contribution >= 4 is 5.97 Å². The second-order valence-electron chi connectivity index (χ2n) is 5.10. The summed E-state index contributed by atoms with van der Waals surface area (Å²) in [4.78, 5) is 23.3. The molecule has 0 amide bonds. The molecule has 5 nitrogen and oxygen atoms in total. The van der Waals surface area contributed by atoms with Crippen LogP contribution in [0.15, 0.2) is 10.9 Å². The summed E-state index contributed by atoms with van der Waals surface area (Å²) in [5.41, 5.74) is 1.19. The van der Waals surface area contributed by atoms with Gasteiger partial charge in [0.25, 0.3) is 5.56 Å². The maximum absolute atomic E-state index is 12.0. The first-order valence-corrected chi connectivity index (χ1v) is 6.52. The van der Waals surface area contributed by atoms with Gasteiger partial charge in [0, 0.05) is 31.5 Å². The Morgan fingerprint density at radius 2 is 2.05 bits per heavy atom. The molecule has 0 saturated carbocycles. The normalized spacial score (nSPS) is 16.5. The Morgan fingerprint density at radius 3 is 2.63 bits per heavy atom. The van der Waals surface area contributed by atoms with Crippen LogP contribution in [0, 0.1) is 19.8 Å². The molecule has 1 aliphatic rings. The minimum absolute atomic E-state index is 0.119. The number of carboxylic acid groups (broad SMARTS) is 1. The van der Waals surface area contributed by atoms with Gasteiger partial charge in [-0.05, 0) is 38.2 Å². The number of rotatable bonds is 3. The van der Waals surface area contributed by atoms with Crippen molar-refractivity contribution in [1.82, 2.24) is 4.57 Å². The van der Waals surface area contributed by atoms with Crippen LogP contribution >= 0.6 is 0 Å². The molecule has 1 fully saturated rings. The van der Waals surface area contributed by atoms with Crippen LogP contribution < -0.4 is 5.56 Å². The quantitative estimate of drug-likeness (QED) is 0.901. The van der Waals surface area contributed by atoms with E-state index in [1.165, 1.54) is 6.07 Å². The van der Waals surface area contributed by atoms with Gasteiger partial charge in [0.2, 0.25) is 0 Å². The Morgan fingerprint density at radius 1 is 1.42 bits per heavy atom. The highest BCUT2D eigenvalue weighted by molar-refractivity contribution is 5.90. The molecule has 2 heterocycles. The lowest BCUT2D eigenvalue weighted by Crippen LogP contribution is -2.30. The smallest absolute Gasteiger partial charge is 0.337 e. The van der Waals surface area contributed by atoms with Gasteiger partial charge < -0.3 is 14.4 Å². The van der Waals surface area contributed by atoms with Crippen LogP contribution in [0.3, 0.4) is 0 Å². The number of pyridine rings is 1. The summed E-state index contributed by atoms with van der Waals surface area (Å²) in [7, 11) is 0. The summed E-state index contributed by atoms with van der Waals surface area (Å²) >= 11 is 0. The Labute approximate surface area is 111 Å². The van der Waals surface area contributed by atoms with Crippen LogP contribution in [-0.4, -0.2) is 28.9 Å². The van der Waals surface area contributed by atoms with E-state index in [-0.39, 0.29) is 11.1 Å². The highest BCUT2D eigenvalue weighted by Crippen LogP contribution is 2.18. The van der Waals surface area contributed by atoms with Gasteiger partial charge in [0.15, 0.2) is 0 Å². The Kier molecular flexibility index (Phi) is 4.04. The highest BCUT2D eigenvalue weighted by Gasteiger charge is 2.19. The van der Waals surface area contributed by atoms with Crippen LogP contribution in [0.25, 0.3) is 0 Å². The number of hydrogen-bond acceptors (Lipinski definition) is 3. The van der Waals surface area contributed by atoms with E-state index in [1.807, 2.05) is 0 Å². The fraction of sp³-hybridized carbons (Fsp3) is 0.571. The molecule has 0 aromatic carbocycles. The molecule has 1 aliphatic heterocycles. The molecule has 1 aromatic rings. The molecule has 0 spiro atoms. The molecule has 0 atom stereocenters. The zero-order chi connectivity index (χ0) is 14.0. The summed E-state index contributed by atoms with van der Waals surface area (Å²) in [6.07, 6.45) is 1.84. The number of aromatic nitrogens is 1. The van der Waals surface area contributed by atoms with Gasteiger partial charge in [-0.2, -0.15) is 0 Å². The fourth-order valence-corrected chi connectivity index (χ4v) is 2.66. The minimum Gasteiger partial charge on any atom is -0.478 e. The second kappa shape index (κ2) is 5.57. The molecule has 19 heavy (non-hydrogen) atoms. The van der Waals surface area contributed by atoms with Gasteiger partial charge in [0.05, 0.1) is 5.56 Å². The van der Waals surface area contributed by atoms with Crippen molar-refractivity contribution in [2.75, 3.05) is 13.2 Å². The summed E-state index contributed by atoms with van der Waals surface area (Å²) in [5.74, 6) is -0.592. The third-order valence-corrected chi connectivity index (χ3v) is 3.76. The first-order valence-electron chi connectivity index (χ1n) is 6.52. The number of carboxylic acids is 1. The number of ether oxygens (including phenoxy) is 1. The van der Waals surface area contributed by atoms with E-state index in [0.29, 0.717) is 23.7 Å². The first kappa shape index (κ1) is 13.8. The number of nitrogens with zero attached hydrogens (tertiary/aromatic N) is 1. The monoisotopic (exact) mass is 265 g/mol. The van der Waals surface area contributed by atoms with Crippen molar-refractivity contribution in [3.63, 3.8) is 0 Å². The maximum atomic E-state index is 12.0. The Bertz CT molecular complexity index is 541. The van der Waals surface area contributed by atoms with Crippen molar-refractivity contribution in [1.29, 1.82) is 0 Å². The average Bonchev–Trinajstić information content (AvgIpc) is 2.35. The van der Waals surface area contributed by atoms with Gasteiger partial charge in [-0.25, -0.2) is 4.79 Å². The number of aromatic carboxylic acids is 1. The molecular weight excluding hydrogens is 246 g/mol. The van der Waals surface area contributed by atoms with Gasteiger partial charge in [0.1, 0.15) is 0 Å². The molecule has 1 aromatic heterocycles. The lowest BCUT2D eigenvalue weighted by atomic mass is 9.99. The van der Waals surface area contributed by atoms with Crippen LogP contribution in [0.5, 0.6) is 0 Å². The predicted molar refractivity (Wildman–Crippen MR) is 70.7 cm³/mol. The number of hydrogen-bond donors (Lipinski definition) is 1. The van der Waals surface area contributed by atoms with E-state index in [9.17, 15) is 14.7 Å². The topological polar surface area (TPSA) is 68.5 Å². The van der Waals surface area contributed by atoms with Crippen molar-refractivity contribution in [3.8, 4) is 0 Å². The fourth-order valence-electron chi connectivity index (χ4n) is 2.66. The lowest BCUT2D eigenvalue weighted by Gasteiger charge is -2.24. The largest absolute Gasteiger partial charge is 0.478 e. The third kappa shape index (κ3) is 2.87. The molecule has 2 rings (SSSR count). The van der Waals surface area contributed by atoms with Crippen molar-refractivity contribution in [2.24, 2.45) is 5.92 Å². The summed E-state index contributed by atoms with van der Waals surface area (Å²) in [6.45, 7) is 5.38. The zero-order valence-electron chi connectivity index (χ0n) is 11.3. The molecule has 1 N–H and O–H groups in total. The number of aryl methyl sites for hydroxylation is 1. The lowest BCUT2D eigenvalue weighted by molar-refractivity contribution is 0.0604. The zero-order valence-corrected chi connectivity index (χ0v) is 11.3. The van der Waals surface area contributed by atoms with E-state index in [0.717, 1.165) is 26.1 Å². The van der Waals surface area contributed by atoms with Gasteiger partial charge >= 0.3 is 5.97 Å². The molecule has 1 saturated heterocycles. The first-order chi connectivity index (χ1) is 9.00. The molecule has 104 valence electrons. The van der Waals surface area contributed by atoms with Crippen LogP contribution in [0.2, 0.25) is 0 Å². The van der Waals surface area contributed by atoms with Crippen molar-refractivity contribution < 1.29 is 14.6 Å². The van der Waals surface area contributed by atoms with E-state index in [2.05, 4.69) is 0 Å². The van der Waals surface area contributed by atoms with Gasteiger partial charge in [-0.3, -0.25) is 4.79 Å². The third-order valence-electron chi connectivity index (χ3n) is 3.76. The van der Waals surface area contributed by atoms with Crippen molar-refractivity contribution in [3.05, 3.63) is 33.2 Å². The standard InChI is InChI=1S/C14H19NO4/c1-9-7-12(16)15(10(2)13(9)14(17)18)8-11-3-5-19-6-4-11/h7,11H,3-6,8H2,1-2H3,(H,17,18). The van der Waals surface area contributed by atoms with E-state index in [1.54, 1.807) is 18.4 Å². The Balaban J connectivity index is 2.36. The highest BCUT2D eigenvalue weighted by atomic mass is 16.5. The SMILES string of the molecule is Cc1cc(=O)n(CC2CCOCC2)c(C)c1C(=O)O. The molecule has 0 bridgehead atoms. The molecule has 5 heteroatoms. The molecule has 0 unspecified atom stereocenters. The van der Waals surface area contributed by atoms with Gasteiger partial charge in [-0.1, -0.05) is 0 Å². The maximum Gasteiger partial charge on any atom is 0.337 e. The summed E-state index contributed by atoms with van der Waals surface area (Å²) < 4.78 is 6.89. The van der Waals surface area contributed by atoms with Crippen molar-refractivity contribution in [2.45, 2.75) is 33.2 Å². The van der Waals surface area contributed by atoms with Crippen LogP contribution in [0.4, 0.5) is 0 Å². The van der Waals surface area contributed by atoms with E-state index in [4.69, 9.17) is 4.74 Å². The van der Waals surface area contributed by atoms with E-state index >= 15 is 0 Å². The minimum atomic E-state index is -0.976. The molecule has 0 aliphatic carbocycles. The molecular formula is C14H19NO4. The second-order valence-corrected chi connectivity index (χ2v) is 5.10. The van der Waals surface area contributed by atoms with E-state index < -0.39 is 5.97 Å². The average molecular weight is 265 g/mol. The number of carbonyl (C=O) groups is 1. The summed E-state index contributed by atoms with van der Waals surface area (Å²) in [5, 5.41) is 9.23. The summed E-state index contributed by atoms with van der Waals surface area (Å²) in [6, 6.07) is 1.41. The van der Waals surface area contributed by atoms with Crippen LogP contribution in [0.1, 0.15) is 34.5 Å².